The number of nitrogens with zero attached hydrogens (tertiary/aromatic N) is 3. The molecule has 94 valence electrons. The Morgan fingerprint density at radius 3 is 2.83 bits per heavy atom. The van der Waals surface area contributed by atoms with Gasteiger partial charge in [-0.05, 0) is 12.1 Å². The molecule has 0 unspecified atom stereocenters. The summed E-state index contributed by atoms with van der Waals surface area (Å²) in [4.78, 5) is 11.3. The number of ether oxygens (including phenoxy) is 2. The molecule has 1 heterocycles. The van der Waals surface area contributed by atoms with E-state index in [2.05, 4.69) is 15.0 Å². The van der Waals surface area contributed by atoms with Crippen LogP contribution in [0.25, 0.3) is 5.69 Å². The molecule has 0 aliphatic rings. The Balaban J connectivity index is 2.37. The van der Waals surface area contributed by atoms with Gasteiger partial charge >= 0.3 is 5.97 Å². The molecule has 0 atom stereocenters. The van der Waals surface area contributed by atoms with Crippen molar-refractivity contribution in [1.82, 2.24) is 15.0 Å². The average molecular weight is 268 g/mol. The van der Waals surface area contributed by atoms with Gasteiger partial charge in [0, 0.05) is 6.07 Å². The molecule has 0 bridgehead atoms. The molecule has 2 rings (SSSR count). The van der Waals surface area contributed by atoms with E-state index < -0.39 is 5.97 Å². The lowest BCUT2D eigenvalue weighted by molar-refractivity contribution is 0.0594. The molecular formula is C11H10ClN3O3. The quantitative estimate of drug-likeness (QED) is 0.792. The fourth-order valence-electron chi connectivity index (χ4n) is 1.38. The summed E-state index contributed by atoms with van der Waals surface area (Å²) in [6, 6.07) is 5.11. The standard InChI is InChI=1S/C11H10ClN3O3/c1-17-10-5-7(3-4-8(10)12)15-6-9(13-14-15)11(16)18-2/h3-6H,1-2H3. The van der Waals surface area contributed by atoms with Gasteiger partial charge in [-0.25, -0.2) is 9.48 Å². The lowest BCUT2D eigenvalue weighted by atomic mass is 10.3. The Bertz CT molecular complexity index is 583. The number of rotatable bonds is 3. The summed E-state index contributed by atoms with van der Waals surface area (Å²) in [6.07, 6.45) is 1.47. The van der Waals surface area contributed by atoms with Crippen molar-refractivity contribution in [2.24, 2.45) is 0 Å². The van der Waals surface area contributed by atoms with E-state index in [0.29, 0.717) is 16.5 Å². The third-order valence-electron chi connectivity index (χ3n) is 2.29. The Morgan fingerprint density at radius 1 is 1.39 bits per heavy atom. The maximum atomic E-state index is 11.3. The molecule has 0 aliphatic carbocycles. The van der Waals surface area contributed by atoms with Crippen molar-refractivity contribution in [3.05, 3.63) is 35.1 Å². The van der Waals surface area contributed by atoms with Gasteiger partial charge in [-0.15, -0.1) is 5.10 Å². The maximum absolute atomic E-state index is 11.3. The van der Waals surface area contributed by atoms with Gasteiger partial charge in [0.1, 0.15) is 5.75 Å². The molecule has 1 aromatic carbocycles. The summed E-state index contributed by atoms with van der Waals surface area (Å²) in [5, 5.41) is 8.03. The number of aromatic nitrogens is 3. The highest BCUT2D eigenvalue weighted by molar-refractivity contribution is 6.32. The first-order chi connectivity index (χ1) is 8.65. The van der Waals surface area contributed by atoms with E-state index in [0.717, 1.165) is 0 Å². The van der Waals surface area contributed by atoms with Gasteiger partial charge in [0.15, 0.2) is 5.69 Å². The van der Waals surface area contributed by atoms with Crippen LogP contribution >= 0.6 is 11.6 Å². The minimum atomic E-state index is -0.540. The van der Waals surface area contributed by atoms with Crippen LogP contribution in [0.5, 0.6) is 5.75 Å². The smallest absolute Gasteiger partial charge is 0.360 e. The van der Waals surface area contributed by atoms with Gasteiger partial charge in [0.05, 0.1) is 31.1 Å². The van der Waals surface area contributed by atoms with Crippen molar-refractivity contribution in [2.75, 3.05) is 14.2 Å². The monoisotopic (exact) mass is 267 g/mol. The van der Waals surface area contributed by atoms with E-state index in [1.807, 2.05) is 0 Å². The second kappa shape index (κ2) is 5.05. The predicted molar refractivity (Wildman–Crippen MR) is 64.3 cm³/mol. The molecule has 0 aliphatic heterocycles. The highest BCUT2D eigenvalue weighted by Gasteiger charge is 2.12. The van der Waals surface area contributed by atoms with E-state index in [1.165, 1.54) is 25.1 Å². The summed E-state index contributed by atoms with van der Waals surface area (Å²) in [7, 11) is 2.80. The van der Waals surface area contributed by atoms with E-state index in [4.69, 9.17) is 16.3 Å². The lowest BCUT2D eigenvalue weighted by Crippen LogP contribution is -2.01. The summed E-state index contributed by atoms with van der Waals surface area (Å²) >= 11 is 5.92. The first-order valence-corrected chi connectivity index (χ1v) is 5.38. The van der Waals surface area contributed by atoms with Crippen LogP contribution in [0, 0.1) is 0 Å². The Hall–Kier alpha value is -2.08. The van der Waals surface area contributed by atoms with Crippen molar-refractivity contribution in [2.45, 2.75) is 0 Å². The zero-order valence-electron chi connectivity index (χ0n) is 9.75. The minimum Gasteiger partial charge on any atom is -0.495 e. The Labute approximate surface area is 108 Å². The van der Waals surface area contributed by atoms with E-state index in [-0.39, 0.29) is 5.69 Å². The summed E-state index contributed by atoms with van der Waals surface area (Å²) < 4.78 is 11.1. The van der Waals surface area contributed by atoms with Crippen LogP contribution in [0.3, 0.4) is 0 Å². The third kappa shape index (κ3) is 2.28. The molecule has 2 aromatic rings. The molecule has 0 saturated carbocycles. The zero-order valence-corrected chi connectivity index (χ0v) is 10.5. The van der Waals surface area contributed by atoms with Crippen LogP contribution in [0.4, 0.5) is 0 Å². The number of hydrogen-bond donors (Lipinski definition) is 0. The number of esters is 1. The topological polar surface area (TPSA) is 66.2 Å². The molecule has 0 fully saturated rings. The highest BCUT2D eigenvalue weighted by Crippen LogP contribution is 2.26. The maximum Gasteiger partial charge on any atom is 0.360 e. The molecule has 18 heavy (non-hydrogen) atoms. The van der Waals surface area contributed by atoms with Crippen LogP contribution < -0.4 is 4.74 Å². The fraction of sp³-hybridized carbons (Fsp3) is 0.182. The Kier molecular flexibility index (Phi) is 3.47. The van der Waals surface area contributed by atoms with Crippen molar-refractivity contribution in [1.29, 1.82) is 0 Å². The van der Waals surface area contributed by atoms with Crippen molar-refractivity contribution >= 4 is 17.6 Å². The van der Waals surface area contributed by atoms with Crippen LogP contribution in [0.15, 0.2) is 24.4 Å². The van der Waals surface area contributed by atoms with Crippen LogP contribution in [-0.4, -0.2) is 35.2 Å². The number of halogens is 1. The first-order valence-electron chi connectivity index (χ1n) is 5.00. The van der Waals surface area contributed by atoms with Crippen molar-refractivity contribution < 1.29 is 14.3 Å². The highest BCUT2D eigenvalue weighted by atomic mass is 35.5. The van der Waals surface area contributed by atoms with E-state index in [1.54, 1.807) is 18.2 Å². The second-order valence-corrected chi connectivity index (χ2v) is 3.77. The second-order valence-electron chi connectivity index (χ2n) is 3.36. The molecule has 6 nitrogen and oxygen atoms in total. The van der Waals surface area contributed by atoms with Crippen molar-refractivity contribution in [3.8, 4) is 11.4 Å². The number of carbonyl (C=O) groups is 1. The molecule has 0 amide bonds. The van der Waals surface area contributed by atoms with Crippen LogP contribution in [-0.2, 0) is 4.74 Å². The van der Waals surface area contributed by atoms with Gasteiger partial charge in [-0.3, -0.25) is 0 Å². The normalized spacial score (nSPS) is 10.2. The summed E-state index contributed by atoms with van der Waals surface area (Å²) in [5.74, 6) is -0.0218. The number of hydrogen-bond acceptors (Lipinski definition) is 5. The van der Waals surface area contributed by atoms with Crippen molar-refractivity contribution in [3.63, 3.8) is 0 Å². The minimum absolute atomic E-state index is 0.131. The lowest BCUT2D eigenvalue weighted by Gasteiger charge is -2.05. The first kappa shape index (κ1) is 12.4. The fourth-order valence-corrected chi connectivity index (χ4v) is 1.57. The number of methoxy groups -OCH3 is 2. The predicted octanol–water partition coefficient (Wildman–Crippen LogP) is 1.72. The molecule has 0 radical (unpaired) electrons. The number of carbonyl (C=O) groups excluding carboxylic acids is 1. The van der Waals surface area contributed by atoms with Crippen LogP contribution in [0.1, 0.15) is 10.5 Å². The molecule has 0 N–H and O–H groups in total. The molecule has 7 heteroatoms. The molecule has 1 aromatic heterocycles. The summed E-state index contributed by atoms with van der Waals surface area (Å²) in [6.45, 7) is 0. The zero-order chi connectivity index (χ0) is 13.1. The van der Waals surface area contributed by atoms with Gasteiger partial charge in [0.2, 0.25) is 0 Å². The van der Waals surface area contributed by atoms with Gasteiger partial charge in [-0.2, -0.15) is 0 Å². The Morgan fingerprint density at radius 2 is 2.17 bits per heavy atom. The SMILES string of the molecule is COC(=O)c1cn(-c2ccc(Cl)c(OC)c2)nn1. The van der Waals surface area contributed by atoms with Gasteiger partial charge in [-0.1, -0.05) is 16.8 Å². The molecule has 0 spiro atoms. The van der Waals surface area contributed by atoms with Crippen LogP contribution in [0.2, 0.25) is 5.02 Å². The van der Waals surface area contributed by atoms with E-state index >= 15 is 0 Å². The van der Waals surface area contributed by atoms with Gasteiger partial charge in [0.25, 0.3) is 0 Å². The molecular weight excluding hydrogens is 258 g/mol. The largest absolute Gasteiger partial charge is 0.495 e. The van der Waals surface area contributed by atoms with Gasteiger partial charge < -0.3 is 9.47 Å². The molecule has 0 saturated heterocycles. The average Bonchev–Trinajstić information content (AvgIpc) is 2.88. The van der Waals surface area contributed by atoms with E-state index in [9.17, 15) is 4.79 Å². The number of benzene rings is 1. The third-order valence-corrected chi connectivity index (χ3v) is 2.60. The summed E-state index contributed by atoms with van der Waals surface area (Å²) in [5.41, 5.74) is 0.810.